The predicted molar refractivity (Wildman–Crippen MR) is 121 cm³/mol. The van der Waals surface area contributed by atoms with E-state index in [9.17, 15) is 28.4 Å². The SMILES string of the molecule is CC(C)OC(=O)[C@H](C)NP(=O)(OC[C@H]1O[C@@H](n2ccc(=O)[nH]c2=O)[C@@H](O)[C@H]1F)Oc1ccccc1. The van der Waals surface area contributed by atoms with Gasteiger partial charge in [-0.2, -0.15) is 5.09 Å². The molecule has 192 valence electrons. The molecule has 1 aromatic carbocycles. The highest BCUT2D eigenvalue weighted by Gasteiger charge is 2.47. The van der Waals surface area contributed by atoms with Crippen molar-refractivity contribution in [2.24, 2.45) is 0 Å². The lowest BCUT2D eigenvalue weighted by Gasteiger charge is -2.24. The van der Waals surface area contributed by atoms with E-state index >= 15 is 0 Å². The van der Waals surface area contributed by atoms with Crippen LogP contribution in [0.25, 0.3) is 0 Å². The maximum absolute atomic E-state index is 14.8. The van der Waals surface area contributed by atoms with Gasteiger partial charge in [0.1, 0.15) is 24.0 Å². The van der Waals surface area contributed by atoms with Gasteiger partial charge in [0.15, 0.2) is 12.4 Å². The van der Waals surface area contributed by atoms with E-state index in [0.717, 1.165) is 16.8 Å². The van der Waals surface area contributed by atoms with Crippen LogP contribution in [0.2, 0.25) is 0 Å². The molecule has 14 heteroatoms. The third-order valence-electron chi connectivity index (χ3n) is 4.85. The average molecular weight is 515 g/mol. The van der Waals surface area contributed by atoms with Gasteiger partial charge in [-0.05, 0) is 32.9 Å². The Morgan fingerprint density at radius 1 is 1.26 bits per heavy atom. The smallest absolute Gasteiger partial charge is 0.459 e. The van der Waals surface area contributed by atoms with E-state index in [1.165, 1.54) is 19.1 Å². The van der Waals surface area contributed by atoms with Crippen molar-refractivity contribution in [2.45, 2.75) is 57.5 Å². The molecule has 3 N–H and O–H groups in total. The number of carbonyl (C=O) groups is 1. The van der Waals surface area contributed by atoms with Gasteiger partial charge in [-0.25, -0.2) is 13.8 Å². The van der Waals surface area contributed by atoms with E-state index in [2.05, 4.69) is 5.09 Å². The number of benzene rings is 1. The van der Waals surface area contributed by atoms with Crippen molar-refractivity contribution < 1.29 is 37.4 Å². The molecule has 0 bridgehead atoms. The van der Waals surface area contributed by atoms with Crippen LogP contribution in [0.4, 0.5) is 4.39 Å². The highest BCUT2D eigenvalue weighted by atomic mass is 31.2. The molecule has 1 aliphatic heterocycles. The molecule has 2 heterocycles. The summed E-state index contributed by atoms with van der Waals surface area (Å²) in [7, 11) is -4.30. The van der Waals surface area contributed by atoms with Crippen LogP contribution in [-0.4, -0.2) is 57.8 Å². The van der Waals surface area contributed by atoms with Gasteiger partial charge in [-0.1, -0.05) is 18.2 Å². The Kier molecular flexibility index (Phi) is 8.62. The van der Waals surface area contributed by atoms with Gasteiger partial charge in [-0.3, -0.25) is 23.7 Å². The molecular weight excluding hydrogens is 488 g/mol. The predicted octanol–water partition coefficient (Wildman–Crippen LogP) is 1.27. The molecule has 1 aliphatic rings. The van der Waals surface area contributed by atoms with E-state index in [1.807, 2.05) is 4.98 Å². The summed E-state index contributed by atoms with van der Waals surface area (Å²) in [5.41, 5.74) is -1.59. The normalized spacial score (nSPS) is 24.6. The molecule has 1 aromatic heterocycles. The van der Waals surface area contributed by atoms with E-state index in [0.29, 0.717) is 0 Å². The molecular formula is C21H27FN3O9P. The molecule has 0 radical (unpaired) electrons. The monoisotopic (exact) mass is 515 g/mol. The number of aromatic amines is 1. The maximum atomic E-state index is 14.8. The lowest BCUT2D eigenvalue weighted by atomic mass is 10.1. The number of halogens is 1. The maximum Gasteiger partial charge on any atom is 0.459 e. The molecule has 35 heavy (non-hydrogen) atoms. The highest BCUT2D eigenvalue weighted by Crippen LogP contribution is 2.46. The van der Waals surface area contributed by atoms with Gasteiger partial charge in [0, 0.05) is 12.3 Å². The third kappa shape index (κ3) is 6.86. The molecule has 12 nitrogen and oxygen atoms in total. The van der Waals surface area contributed by atoms with Gasteiger partial charge in [-0.15, -0.1) is 0 Å². The second kappa shape index (κ2) is 11.3. The minimum atomic E-state index is -4.30. The molecule has 0 amide bonds. The molecule has 1 fully saturated rings. The molecule has 3 rings (SSSR count). The third-order valence-corrected chi connectivity index (χ3v) is 6.49. The van der Waals surface area contributed by atoms with Crippen molar-refractivity contribution in [3.05, 3.63) is 63.4 Å². The van der Waals surface area contributed by atoms with Crippen LogP contribution < -0.4 is 20.9 Å². The number of aliphatic hydroxyl groups excluding tert-OH is 1. The Morgan fingerprint density at radius 2 is 1.94 bits per heavy atom. The van der Waals surface area contributed by atoms with E-state index in [-0.39, 0.29) is 5.75 Å². The number of rotatable bonds is 10. The van der Waals surface area contributed by atoms with Crippen molar-refractivity contribution >= 4 is 13.7 Å². The van der Waals surface area contributed by atoms with E-state index in [1.54, 1.807) is 32.0 Å². The molecule has 0 aliphatic carbocycles. The lowest BCUT2D eigenvalue weighted by molar-refractivity contribution is -0.149. The molecule has 2 aromatic rings. The fourth-order valence-corrected chi connectivity index (χ4v) is 4.71. The first-order chi connectivity index (χ1) is 16.5. The topological polar surface area (TPSA) is 158 Å². The van der Waals surface area contributed by atoms with E-state index < -0.39 is 68.3 Å². The zero-order valence-electron chi connectivity index (χ0n) is 19.2. The standard InChI is InChI=1S/C21H27FN3O9P/c1-12(2)32-20(28)13(3)24-35(30,34-14-7-5-4-6-8-14)31-11-15-17(22)18(27)19(33-15)25-10-9-16(26)23-21(25)29/h4-10,12-13,15,17-19,27H,11H2,1-3H3,(H,24,30)(H,23,26,29)/t13-,15+,17-,18-,19+,35?/m0/s1. The number of aliphatic hydroxyl groups is 1. The van der Waals surface area contributed by atoms with Crippen molar-refractivity contribution in [2.75, 3.05) is 6.61 Å². The first-order valence-corrected chi connectivity index (χ1v) is 12.3. The Bertz CT molecular complexity index is 1170. The van der Waals surface area contributed by atoms with Crippen molar-refractivity contribution in [3.63, 3.8) is 0 Å². The van der Waals surface area contributed by atoms with Gasteiger partial charge >= 0.3 is 19.4 Å². The largest absolute Gasteiger partial charge is 0.462 e. The zero-order valence-corrected chi connectivity index (χ0v) is 20.1. The number of carbonyl (C=O) groups excluding carboxylic acids is 1. The van der Waals surface area contributed by atoms with Gasteiger partial charge < -0.3 is 19.1 Å². The molecule has 0 saturated carbocycles. The molecule has 1 unspecified atom stereocenters. The minimum Gasteiger partial charge on any atom is -0.462 e. The molecule has 0 spiro atoms. The summed E-state index contributed by atoms with van der Waals surface area (Å²) < 4.78 is 50.5. The number of ether oxygens (including phenoxy) is 2. The van der Waals surface area contributed by atoms with Crippen LogP contribution in [0.3, 0.4) is 0 Å². The summed E-state index contributed by atoms with van der Waals surface area (Å²) in [5, 5.41) is 12.7. The summed E-state index contributed by atoms with van der Waals surface area (Å²) >= 11 is 0. The lowest BCUT2D eigenvalue weighted by Crippen LogP contribution is -2.37. The summed E-state index contributed by atoms with van der Waals surface area (Å²) in [4.78, 5) is 37.5. The highest BCUT2D eigenvalue weighted by molar-refractivity contribution is 7.52. The summed E-state index contributed by atoms with van der Waals surface area (Å²) in [6, 6.07) is 7.85. The van der Waals surface area contributed by atoms with Crippen LogP contribution in [0, 0.1) is 0 Å². The second-order valence-electron chi connectivity index (χ2n) is 8.05. The van der Waals surface area contributed by atoms with Crippen LogP contribution in [0.15, 0.2) is 52.2 Å². The zero-order chi connectivity index (χ0) is 25.8. The number of aromatic nitrogens is 2. The molecule has 1 saturated heterocycles. The summed E-state index contributed by atoms with van der Waals surface area (Å²) in [6.07, 6.45) is -6.11. The van der Waals surface area contributed by atoms with Gasteiger partial charge in [0.2, 0.25) is 0 Å². The first-order valence-electron chi connectivity index (χ1n) is 10.8. The van der Waals surface area contributed by atoms with Crippen LogP contribution in [-0.2, 0) is 23.4 Å². The molecule has 6 atom stereocenters. The number of hydrogen-bond acceptors (Lipinski definition) is 9. The number of H-pyrrole nitrogens is 1. The fraction of sp³-hybridized carbons (Fsp3) is 0.476. The van der Waals surface area contributed by atoms with Gasteiger partial charge in [0.05, 0.1) is 12.7 Å². The van der Waals surface area contributed by atoms with E-state index in [4.69, 9.17) is 18.5 Å². The fourth-order valence-electron chi connectivity index (χ4n) is 3.21. The number of nitrogens with one attached hydrogen (secondary N) is 2. The Morgan fingerprint density at radius 3 is 2.57 bits per heavy atom. The van der Waals surface area contributed by atoms with Gasteiger partial charge in [0.25, 0.3) is 5.56 Å². The number of para-hydroxylation sites is 1. The van der Waals surface area contributed by atoms with Crippen molar-refractivity contribution in [1.82, 2.24) is 14.6 Å². The van der Waals surface area contributed by atoms with Crippen LogP contribution in [0.1, 0.15) is 27.0 Å². The average Bonchev–Trinajstić information content (AvgIpc) is 3.06. The summed E-state index contributed by atoms with van der Waals surface area (Å²) in [6.45, 7) is 4.02. The minimum absolute atomic E-state index is 0.148. The number of esters is 1. The van der Waals surface area contributed by atoms with Crippen LogP contribution in [0.5, 0.6) is 5.75 Å². The number of alkyl halides is 1. The van der Waals surface area contributed by atoms with Crippen LogP contribution >= 0.6 is 7.75 Å². The van der Waals surface area contributed by atoms with Crippen molar-refractivity contribution in [1.29, 1.82) is 0 Å². The van der Waals surface area contributed by atoms with Crippen molar-refractivity contribution in [3.8, 4) is 5.75 Å². The summed E-state index contributed by atoms with van der Waals surface area (Å²) in [5.74, 6) is -0.566. The first kappa shape index (κ1) is 26.8. The Hall–Kier alpha value is -2.83. The number of hydrogen-bond donors (Lipinski definition) is 3. The second-order valence-corrected chi connectivity index (χ2v) is 9.75. The Balaban J connectivity index is 1.75. The quantitative estimate of drug-likeness (QED) is 0.311. The number of nitrogens with zero attached hydrogens (tertiary/aromatic N) is 1. The Labute approximate surface area is 199 Å².